The summed E-state index contributed by atoms with van der Waals surface area (Å²) in [6.45, 7) is 5.35. The van der Waals surface area contributed by atoms with Crippen LogP contribution in [0.3, 0.4) is 0 Å². The maximum atomic E-state index is 13.0. The lowest BCUT2D eigenvalue weighted by Gasteiger charge is -2.11. The van der Waals surface area contributed by atoms with Crippen LogP contribution in [0.4, 0.5) is 4.39 Å². The first-order valence-electron chi connectivity index (χ1n) is 7.13. The van der Waals surface area contributed by atoms with E-state index in [1.807, 2.05) is 13.8 Å². The summed E-state index contributed by atoms with van der Waals surface area (Å²) in [7, 11) is 0. The van der Waals surface area contributed by atoms with Gasteiger partial charge in [-0.1, -0.05) is 0 Å². The third kappa shape index (κ3) is 3.51. The zero-order chi connectivity index (χ0) is 16.3. The van der Waals surface area contributed by atoms with Crippen LogP contribution in [-0.4, -0.2) is 33.4 Å². The second-order valence-electron chi connectivity index (χ2n) is 5.37. The van der Waals surface area contributed by atoms with Crippen LogP contribution >= 0.6 is 0 Å². The molecule has 2 rings (SSSR count). The number of hydrogen-bond acceptors (Lipinski definition) is 3. The Bertz CT molecular complexity index is 665. The number of carbonyl (C=O) groups is 1. The van der Waals surface area contributed by atoms with Crippen LogP contribution in [0.5, 0.6) is 0 Å². The predicted octanol–water partition coefficient (Wildman–Crippen LogP) is 1.67. The van der Waals surface area contributed by atoms with Gasteiger partial charge >= 0.3 is 0 Å². The molecule has 0 aliphatic heterocycles. The molecular formula is C16H20FN3O2. The smallest absolute Gasteiger partial charge is 0.224 e. The van der Waals surface area contributed by atoms with Crippen molar-refractivity contribution in [1.82, 2.24) is 15.1 Å². The lowest BCUT2D eigenvalue weighted by Crippen LogP contribution is -2.36. The highest BCUT2D eigenvalue weighted by atomic mass is 19.1. The fourth-order valence-electron chi connectivity index (χ4n) is 2.30. The number of aryl methyl sites for hydroxylation is 1. The van der Waals surface area contributed by atoms with Crippen molar-refractivity contribution < 1.29 is 14.3 Å². The maximum absolute atomic E-state index is 13.0. The summed E-state index contributed by atoms with van der Waals surface area (Å²) in [5.74, 6) is -0.464. The zero-order valence-corrected chi connectivity index (χ0v) is 12.9. The molecule has 0 fully saturated rings. The first-order chi connectivity index (χ1) is 10.4. The molecule has 0 bridgehead atoms. The normalized spacial score (nSPS) is 12.2. The number of rotatable bonds is 5. The molecule has 1 atom stereocenters. The van der Waals surface area contributed by atoms with Gasteiger partial charge in [-0.25, -0.2) is 9.07 Å². The van der Waals surface area contributed by atoms with E-state index in [0.717, 1.165) is 22.6 Å². The molecule has 2 N–H and O–H groups in total. The van der Waals surface area contributed by atoms with Crippen molar-refractivity contribution in [2.75, 3.05) is 6.61 Å². The van der Waals surface area contributed by atoms with E-state index in [4.69, 9.17) is 5.11 Å². The molecule has 1 amide bonds. The summed E-state index contributed by atoms with van der Waals surface area (Å²) >= 11 is 0. The molecule has 0 aliphatic carbocycles. The first kappa shape index (κ1) is 16.2. The Morgan fingerprint density at radius 3 is 2.59 bits per heavy atom. The van der Waals surface area contributed by atoms with Crippen molar-refractivity contribution in [3.63, 3.8) is 0 Å². The van der Waals surface area contributed by atoms with Crippen LogP contribution in [0.25, 0.3) is 5.69 Å². The lowest BCUT2D eigenvalue weighted by atomic mass is 10.1. The zero-order valence-electron chi connectivity index (χ0n) is 12.9. The van der Waals surface area contributed by atoms with Gasteiger partial charge in [0.05, 0.1) is 24.4 Å². The van der Waals surface area contributed by atoms with E-state index in [9.17, 15) is 9.18 Å². The minimum atomic E-state index is -0.303. The number of aromatic nitrogens is 2. The van der Waals surface area contributed by atoms with Gasteiger partial charge in [-0.05, 0) is 45.0 Å². The van der Waals surface area contributed by atoms with Crippen LogP contribution in [-0.2, 0) is 11.2 Å². The Balaban J connectivity index is 2.24. The molecule has 0 aliphatic rings. The summed E-state index contributed by atoms with van der Waals surface area (Å²) in [6, 6.07) is 5.77. The minimum Gasteiger partial charge on any atom is -0.394 e. The molecule has 22 heavy (non-hydrogen) atoms. The molecule has 1 unspecified atom stereocenters. The summed E-state index contributed by atoms with van der Waals surface area (Å²) in [4.78, 5) is 12.0. The number of aliphatic hydroxyl groups is 1. The van der Waals surface area contributed by atoms with E-state index >= 15 is 0 Å². The second kappa shape index (κ2) is 6.70. The molecule has 5 nitrogen and oxygen atoms in total. The molecule has 1 heterocycles. The first-order valence-corrected chi connectivity index (χ1v) is 7.13. The lowest BCUT2D eigenvalue weighted by molar-refractivity contribution is -0.121. The second-order valence-corrected chi connectivity index (χ2v) is 5.37. The van der Waals surface area contributed by atoms with Crippen LogP contribution in [0.2, 0.25) is 0 Å². The standard InChI is InChI=1S/C16H20FN3O2/c1-10(9-21)18-16(22)8-15-11(2)19-20(12(15)3)14-6-4-13(17)5-7-14/h4-7,10,21H,8-9H2,1-3H3,(H,18,22). The number of nitrogens with zero attached hydrogens (tertiary/aromatic N) is 2. The molecule has 0 spiro atoms. The van der Waals surface area contributed by atoms with Gasteiger partial charge < -0.3 is 10.4 Å². The SMILES string of the molecule is Cc1nn(-c2ccc(F)cc2)c(C)c1CC(=O)NC(C)CO. The Morgan fingerprint density at radius 1 is 1.36 bits per heavy atom. The number of benzene rings is 1. The van der Waals surface area contributed by atoms with Gasteiger partial charge in [0.1, 0.15) is 5.82 Å². The predicted molar refractivity (Wildman–Crippen MR) is 81.4 cm³/mol. The van der Waals surface area contributed by atoms with Gasteiger partial charge in [-0.15, -0.1) is 0 Å². The monoisotopic (exact) mass is 305 g/mol. The Labute approximate surface area is 128 Å². The van der Waals surface area contributed by atoms with Crippen LogP contribution in [0.15, 0.2) is 24.3 Å². The third-order valence-corrected chi connectivity index (χ3v) is 3.53. The molecule has 1 aromatic heterocycles. The summed E-state index contributed by atoms with van der Waals surface area (Å²) in [5.41, 5.74) is 3.19. The van der Waals surface area contributed by atoms with Crippen molar-refractivity contribution in [1.29, 1.82) is 0 Å². The van der Waals surface area contributed by atoms with Gasteiger partial charge in [0, 0.05) is 17.3 Å². The molecular weight excluding hydrogens is 285 g/mol. The third-order valence-electron chi connectivity index (χ3n) is 3.53. The number of hydrogen-bond donors (Lipinski definition) is 2. The summed E-state index contributed by atoms with van der Waals surface area (Å²) < 4.78 is 14.7. The van der Waals surface area contributed by atoms with Gasteiger partial charge in [-0.2, -0.15) is 5.10 Å². The van der Waals surface area contributed by atoms with E-state index < -0.39 is 0 Å². The minimum absolute atomic E-state index is 0.0987. The molecule has 6 heteroatoms. The van der Waals surface area contributed by atoms with E-state index in [2.05, 4.69) is 10.4 Å². The number of amides is 1. The van der Waals surface area contributed by atoms with Gasteiger partial charge in [0.2, 0.25) is 5.91 Å². The average molecular weight is 305 g/mol. The Hall–Kier alpha value is -2.21. The molecule has 1 aromatic carbocycles. The topological polar surface area (TPSA) is 67.2 Å². The largest absolute Gasteiger partial charge is 0.394 e. The summed E-state index contributed by atoms with van der Waals surface area (Å²) in [5, 5.41) is 16.1. The molecule has 0 saturated heterocycles. The van der Waals surface area contributed by atoms with Gasteiger partial charge in [-0.3, -0.25) is 4.79 Å². The molecule has 0 radical (unpaired) electrons. The quantitative estimate of drug-likeness (QED) is 0.883. The van der Waals surface area contributed by atoms with E-state index in [0.29, 0.717) is 0 Å². The van der Waals surface area contributed by atoms with Gasteiger partial charge in [0.15, 0.2) is 0 Å². The fourth-order valence-corrected chi connectivity index (χ4v) is 2.30. The fraction of sp³-hybridized carbons (Fsp3) is 0.375. The van der Waals surface area contributed by atoms with Crippen LogP contribution < -0.4 is 5.32 Å². The van der Waals surface area contributed by atoms with Crippen molar-refractivity contribution in [3.8, 4) is 5.69 Å². The van der Waals surface area contributed by atoms with E-state index in [1.165, 1.54) is 12.1 Å². The van der Waals surface area contributed by atoms with E-state index in [1.54, 1.807) is 23.7 Å². The molecule has 118 valence electrons. The van der Waals surface area contributed by atoms with Gasteiger partial charge in [0.25, 0.3) is 0 Å². The average Bonchev–Trinajstić information content (AvgIpc) is 2.76. The number of carbonyl (C=O) groups excluding carboxylic acids is 1. The Kier molecular flexibility index (Phi) is 4.92. The highest BCUT2D eigenvalue weighted by Crippen LogP contribution is 2.18. The molecule has 0 saturated carbocycles. The van der Waals surface area contributed by atoms with Crippen molar-refractivity contribution in [2.24, 2.45) is 0 Å². The van der Waals surface area contributed by atoms with Crippen molar-refractivity contribution >= 4 is 5.91 Å². The van der Waals surface area contributed by atoms with Crippen LogP contribution in [0.1, 0.15) is 23.9 Å². The maximum Gasteiger partial charge on any atom is 0.224 e. The number of nitrogens with one attached hydrogen (secondary N) is 1. The number of halogens is 1. The Morgan fingerprint density at radius 2 is 2.00 bits per heavy atom. The molecule has 2 aromatic rings. The van der Waals surface area contributed by atoms with E-state index in [-0.39, 0.29) is 30.8 Å². The number of aliphatic hydroxyl groups excluding tert-OH is 1. The van der Waals surface area contributed by atoms with Crippen molar-refractivity contribution in [2.45, 2.75) is 33.2 Å². The van der Waals surface area contributed by atoms with Crippen molar-refractivity contribution in [3.05, 3.63) is 47.0 Å². The highest BCUT2D eigenvalue weighted by molar-refractivity contribution is 5.79. The highest BCUT2D eigenvalue weighted by Gasteiger charge is 2.16. The van der Waals surface area contributed by atoms with Crippen LogP contribution in [0, 0.1) is 19.7 Å². The summed E-state index contributed by atoms with van der Waals surface area (Å²) in [6.07, 6.45) is 0.198.